The monoisotopic (exact) mass is 384 g/mol. The Morgan fingerprint density at radius 1 is 1.27 bits per heavy atom. The second-order valence-electron chi connectivity index (χ2n) is 5.60. The van der Waals surface area contributed by atoms with E-state index in [0.29, 0.717) is 47.3 Å². The second kappa shape index (κ2) is 5.63. The number of halogens is 3. The summed E-state index contributed by atoms with van der Waals surface area (Å²) in [5, 5.41) is 9.10. The van der Waals surface area contributed by atoms with Crippen LogP contribution in [-0.2, 0) is 6.18 Å². The van der Waals surface area contributed by atoms with Crippen LogP contribution in [0.4, 0.5) is 13.2 Å². The van der Waals surface area contributed by atoms with Crippen molar-refractivity contribution in [2.75, 3.05) is 13.2 Å². The highest BCUT2D eigenvalue weighted by Gasteiger charge is 2.41. The van der Waals surface area contributed by atoms with E-state index in [-0.39, 0.29) is 10.7 Å². The number of imidazole rings is 1. The normalized spacial score (nSPS) is 14.0. The molecule has 0 atom stereocenters. The minimum Gasteiger partial charge on any atom is -0.486 e. The number of aromatic nitrogens is 2. The van der Waals surface area contributed by atoms with Crippen molar-refractivity contribution in [2.24, 2.45) is 0 Å². The zero-order chi connectivity index (χ0) is 18.6. The summed E-state index contributed by atoms with van der Waals surface area (Å²) in [5.41, 5.74) is -0.130. The van der Waals surface area contributed by atoms with Crippen LogP contribution < -0.4 is 9.47 Å². The number of aryl methyl sites for hydroxylation is 1. The molecule has 0 radical (unpaired) electrons. The molecule has 1 N–H and O–H groups in total. The fourth-order valence-corrected chi connectivity index (χ4v) is 3.94. The SMILES string of the molecule is Cc1c(-c2ccc3c(c2)OCCO3)nc2sc(C(=O)O)c(C(F)(F)F)n12. The van der Waals surface area contributed by atoms with E-state index < -0.39 is 22.7 Å². The molecule has 26 heavy (non-hydrogen) atoms. The Kier molecular flexibility index (Phi) is 3.62. The largest absolute Gasteiger partial charge is 0.486 e. The summed E-state index contributed by atoms with van der Waals surface area (Å²) in [6.45, 7) is 2.28. The zero-order valence-electron chi connectivity index (χ0n) is 13.3. The van der Waals surface area contributed by atoms with E-state index in [1.165, 1.54) is 6.92 Å². The van der Waals surface area contributed by atoms with Gasteiger partial charge >= 0.3 is 12.1 Å². The molecule has 0 unspecified atom stereocenters. The van der Waals surface area contributed by atoms with Gasteiger partial charge < -0.3 is 14.6 Å². The average Bonchev–Trinajstić information content (AvgIpc) is 3.11. The van der Waals surface area contributed by atoms with Gasteiger partial charge in [-0.1, -0.05) is 11.3 Å². The predicted molar refractivity (Wildman–Crippen MR) is 86.2 cm³/mol. The van der Waals surface area contributed by atoms with Gasteiger partial charge in [-0.25, -0.2) is 9.78 Å². The maximum atomic E-state index is 13.4. The van der Waals surface area contributed by atoms with Crippen molar-refractivity contribution in [2.45, 2.75) is 13.1 Å². The van der Waals surface area contributed by atoms with E-state index in [1.807, 2.05) is 0 Å². The molecule has 3 heterocycles. The first-order valence-corrected chi connectivity index (χ1v) is 8.31. The van der Waals surface area contributed by atoms with E-state index in [9.17, 15) is 18.0 Å². The molecule has 6 nitrogen and oxygen atoms in total. The van der Waals surface area contributed by atoms with Crippen molar-refractivity contribution in [3.05, 3.63) is 34.5 Å². The number of rotatable bonds is 2. The molecule has 1 aromatic carbocycles. The Labute approximate surface area is 148 Å². The molecule has 10 heteroatoms. The van der Waals surface area contributed by atoms with Crippen LogP contribution in [0.2, 0.25) is 0 Å². The molecule has 136 valence electrons. The fraction of sp³-hybridized carbons (Fsp3) is 0.250. The van der Waals surface area contributed by atoms with E-state index >= 15 is 0 Å². The molecule has 2 aromatic heterocycles. The highest BCUT2D eigenvalue weighted by Crippen LogP contribution is 2.41. The summed E-state index contributed by atoms with van der Waals surface area (Å²) < 4.78 is 52.1. The van der Waals surface area contributed by atoms with Gasteiger partial charge in [0.25, 0.3) is 0 Å². The number of hydrogen-bond donors (Lipinski definition) is 1. The topological polar surface area (TPSA) is 73.1 Å². The molecular weight excluding hydrogens is 373 g/mol. The lowest BCUT2D eigenvalue weighted by Gasteiger charge is -2.18. The van der Waals surface area contributed by atoms with Gasteiger partial charge in [-0.3, -0.25) is 4.40 Å². The van der Waals surface area contributed by atoms with E-state index in [4.69, 9.17) is 14.6 Å². The number of fused-ring (bicyclic) bond motifs is 2. The van der Waals surface area contributed by atoms with Gasteiger partial charge in [0.1, 0.15) is 18.1 Å². The standard InChI is InChI=1S/C16H11F3N2O4S/c1-7-11(8-2-3-9-10(6-8)25-5-4-24-9)20-15-21(7)13(16(17,18)19)12(26-15)14(22)23/h2-3,6H,4-5H2,1H3,(H,22,23). The predicted octanol–water partition coefficient (Wildman–Crippen LogP) is 3.86. The molecule has 1 aliphatic heterocycles. The lowest BCUT2D eigenvalue weighted by Crippen LogP contribution is -2.15. The zero-order valence-corrected chi connectivity index (χ0v) is 14.1. The number of nitrogens with zero attached hydrogens (tertiary/aromatic N) is 2. The summed E-state index contributed by atoms with van der Waals surface area (Å²) in [6, 6.07) is 5.00. The molecule has 0 fully saturated rings. The molecule has 3 aromatic rings. The van der Waals surface area contributed by atoms with Gasteiger partial charge in [0.05, 0.1) is 5.69 Å². The number of carboxylic acids is 1. The number of hydrogen-bond acceptors (Lipinski definition) is 5. The first kappa shape index (κ1) is 16.7. The number of alkyl halides is 3. The number of carbonyl (C=O) groups is 1. The van der Waals surface area contributed by atoms with Crippen LogP contribution in [0.25, 0.3) is 16.2 Å². The minimum atomic E-state index is -4.82. The third kappa shape index (κ3) is 2.48. The third-order valence-electron chi connectivity index (χ3n) is 3.99. The summed E-state index contributed by atoms with van der Waals surface area (Å²) in [4.78, 5) is 14.6. The first-order valence-electron chi connectivity index (χ1n) is 7.49. The summed E-state index contributed by atoms with van der Waals surface area (Å²) >= 11 is 0.494. The summed E-state index contributed by atoms with van der Waals surface area (Å²) in [7, 11) is 0. The van der Waals surface area contributed by atoms with Crippen molar-refractivity contribution in [1.82, 2.24) is 9.38 Å². The molecular formula is C16H11F3N2O4S. The van der Waals surface area contributed by atoms with Crippen molar-refractivity contribution < 1.29 is 32.5 Å². The highest BCUT2D eigenvalue weighted by molar-refractivity contribution is 7.19. The van der Waals surface area contributed by atoms with Gasteiger partial charge in [-0.15, -0.1) is 0 Å². The second-order valence-corrected chi connectivity index (χ2v) is 6.58. The van der Waals surface area contributed by atoms with Crippen LogP contribution in [-0.4, -0.2) is 33.7 Å². The Hall–Kier alpha value is -2.75. The van der Waals surface area contributed by atoms with Crippen molar-refractivity contribution in [1.29, 1.82) is 0 Å². The Morgan fingerprint density at radius 3 is 2.62 bits per heavy atom. The molecule has 0 saturated carbocycles. The smallest absolute Gasteiger partial charge is 0.433 e. The molecule has 1 aliphatic rings. The lowest BCUT2D eigenvalue weighted by molar-refractivity contribution is -0.142. The van der Waals surface area contributed by atoms with Gasteiger partial charge in [-0.2, -0.15) is 13.2 Å². The van der Waals surface area contributed by atoms with Gasteiger partial charge in [0.15, 0.2) is 22.2 Å². The number of benzene rings is 1. The number of aromatic carboxylic acids is 1. The molecule has 0 bridgehead atoms. The van der Waals surface area contributed by atoms with Crippen LogP contribution in [0, 0.1) is 6.92 Å². The van der Waals surface area contributed by atoms with Crippen LogP contribution in [0.3, 0.4) is 0 Å². The number of carboxylic acid groups (broad SMARTS) is 1. The fourth-order valence-electron chi connectivity index (χ4n) is 2.91. The summed E-state index contributed by atoms with van der Waals surface area (Å²) in [5.74, 6) is -0.581. The van der Waals surface area contributed by atoms with Crippen LogP contribution in [0.15, 0.2) is 18.2 Å². The van der Waals surface area contributed by atoms with E-state index in [2.05, 4.69) is 4.98 Å². The lowest BCUT2D eigenvalue weighted by atomic mass is 10.1. The van der Waals surface area contributed by atoms with Crippen molar-refractivity contribution >= 4 is 22.3 Å². The molecule has 0 spiro atoms. The van der Waals surface area contributed by atoms with E-state index in [1.54, 1.807) is 18.2 Å². The van der Waals surface area contributed by atoms with Crippen LogP contribution in [0.5, 0.6) is 11.5 Å². The Bertz CT molecular complexity index is 1040. The van der Waals surface area contributed by atoms with Crippen molar-refractivity contribution in [3.63, 3.8) is 0 Å². The number of thiazole rings is 1. The quantitative estimate of drug-likeness (QED) is 0.726. The van der Waals surface area contributed by atoms with Gasteiger partial charge in [0, 0.05) is 11.3 Å². The average molecular weight is 384 g/mol. The van der Waals surface area contributed by atoms with Gasteiger partial charge in [0.2, 0.25) is 0 Å². The van der Waals surface area contributed by atoms with Crippen LogP contribution >= 0.6 is 11.3 Å². The molecule has 0 amide bonds. The van der Waals surface area contributed by atoms with Crippen molar-refractivity contribution in [3.8, 4) is 22.8 Å². The first-order chi connectivity index (χ1) is 12.3. The maximum Gasteiger partial charge on any atom is 0.433 e. The van der Waals surface area contributed by atoms with Crippen LogP contribution in [0.1, 0.15) is 21.1 Å². The molecule has 0 saturated heterocycles. The summed E-state index contributed by atoms with van der Waals surface area (Å²) in [6.07, 6.45) is -4.82. The minimum absolute atomic E-state index is 0.0304. The highest BCUT2D eigenvalue weighted by atomic mass is 32.1. The van der Waals surface area contributed by atoms with E-state index in [0.717, 1.165) is 4.40 Å². The third-order valence-corrected chi connectivity index (χ3v) is 5.02. The molecule has 0 aliphatic carbocycles. The maximum absolute atomic E-state index is 13.4. The Balaban J connectivity index is 1.92. The Morgan fingerprint density at radius 2 is 1.96 bits per heavy atom. The molecule has 4 rings (SSSR count). The number of ether oxygens (including phenoxy) is 2. The van der Waals surface area contributed by atoms with Gasteiger partial charge in [-0.05, 0) is 25.1 Å².